The van der Waals surface area contributed by atoms with Gasteiger partial charge < -0.3 is 4.42 Å². The van der Waals surface area contributed by atoms with E-state index in [0.29, 0.717) is 11.0 Å². The summed E-state index contributed by atoms with van der Waals surface area (Å²) in [6, 6.07) is 13.2. The fourth-order valence-electron chi connectivity index (χ4n) is 3.53. The first-order valence-electron chi connectivity index (χ1n) is 8.57. The largest absolute Gasteiger partial charge is 0.450 e. The fraction of sp³-hybridized carbons (Fsp3) is 0.0476. The molecule has 28 heavy (non-hydrogen) atoms. The minimum absolute atomic E-state index is 0.0654. The molecular formula is C21H12FN3O3. The van der Waals surface area contributed by atoms with Crippen molar-refractivity contribution >= 4 is 22.8 Å². The standard InChI is InChI=1S/C21H12FN3O3/c22-14-8-3-1-6-12(14)17-16-18(26)13-7-2-4-9-15(13)28-19(16)20(27)25(17)21-23-10-5-11-24-21/h1-11,17H/t17-/m0/s1. The Morgan fingerprint density at radius 1 is 0.929 bits per heavy atom. The van der Waals surface area contributed by atoms with Crippen molar-refractivity contribution in [2.75, 3.05) is 4.90 Å². The molecule has 0 N–H and O–H groups in total. The summed E-state index contributed by atoms with van der Waals surface area (Å²) in [6.45, 7) is 0. The maximum atomic E-state index is 14.7. The van der Waals surface area contributed by atoms with Crippen LogP contribution in [-0.2, 0) is 0 Å². The summed E-state index contributed by atoms with van der Waals surface area (Å²) in [6.07, 6.45) is 2.95. The smallest absolute Gasteiger partial charge is 0.297 e. The number of rotatable bonds is 2. The highest BCUT2D eigenvalue weighted by Crippen LogP contribution is 2.40. The van der Waals surface area contributed by atoms with Crippen LogP contribution in [-0.4, -0.2) is 15.9 Å². The second kappa shape index (κ2) is 6.09. The van der Waals surface area contributed by atoms with Gasteiger partial charge in [-0.05, 0) is 24.3 Å². The summed E-state index contributed by atoms with van der Waals surface area (Å²) in [5.41, 5.74) is 0.172. The van der Waals surface area contributed by atoms with Gasteiger partial charge in [0.05, 0.1) is 10.9 Å². The molecule has 0 radical (unpaired) electrons. The van der Waals surface area contributed by atoms with Crippen LogP contribution in [0, 0.1) is 5.82 Å². The zero-order valence-corrected chi connectivity index (χ0v) is 14.4. The van der Waals surface area contributed by atoms with E-state index in [1.807, 2.05) is 0 Å². The topological polar surface area (TPSA) is 76.3 Å². The molecule has 7 heteroatoms. The number of halogens is 1. The minimum Gasteiger partial charge on any atom is -0.450 e. The number of nitrogens with zero attached hydrogens (tertiary/aromatic N) is 3. The van der Waals surface area contributed by atoms with Gasteiger partial charge in [0.2, 0.25) is 11.7 Å². The van der Waals surface area contributed by atoms with Crippen molar-refractivity contribution in [2.45, 2.75) is 6.04 Å². The van der Waals surface area contributed by atoms with Crippen LogP contribution in [0.25, 0.3) is 11.0 Å². The Labute approximate surface area is 157 Å². The number of aromatic nitrogens is 2. The number of carbonyl (C=O) groups excluding carboxylic acids is 1. The van der Waals surface area contributed by atoms with Crippen LogP contribution in [0.1, 0.15) is 27.7 Å². The van der Waals surface area contributed by atoms with Crippen LogP contribution in [0.3, 0.4) is 0 Å². The molecule has 0 fully saturated rings. The molecule has 2 aromatic heterocycles. The molecule has 0 saturated heterocycles. The van der Waals surface area contributed by atoms with Crippen molar-refractivity contribution in [3.63, 3.8) is 0 Å². The highest BCUT2D eigenvalue weighted by molar-refractivity contribution is 6.09. The van der Waals surface area contributed by atoms with E-state index >= 15 is 0 Å². The lowest BCUT2D eigenvalue weighted by molar-refractivity contribution is 0.0969. The van der Waals surface area contributed by atoms with E-state index in [-0.39, 0.29) is 28.3 Å². The van der Waals surface area contributed by atoms with Gasteiger partial charge in [0, 0.05) is 18.0 Å². The maximum Gasteiger partial charge on any atom is 0.297 e. The lowest BCUT2D eigenvalue weighted by Crippen LogP contribution is -2.31. The molecule has 0 saturated carbocycles. The van der Waals surface area contributed by atoms with Crippen LogP contribution < -0.4 is 10.3 Å². The Bertz CT molecular complexity index is 1290. The second-order valence-electron chi connectivity index (χ2n) is 6.32. The molecule has 0 bridgehead atoms. The molecule has 0 unspecified atom stereocenters. The molecule has 4 aromatic rings. The van der Waals surface area contributed by atoms with Crippen molar-refractivity contribution in [3.05, 3.63) is 99.9 Å². The molecule has 1 atom stereocenters. The van der Waals surface area contributed by atoms with Crippen molar-refractivity contribution in [1.82, 2.24) is 9.97 Å². The van der Waals surface area contributed by atoms with Gasteiger partial charge in [-0.3, -0.25) is 14.5 Å². The van der Waals surface area contributed by atoms with Crippen molar-refractivity contribution < 1.29 is 13.6 Å². The molecule has 1 aliphatic heterocycles. The Hall–Kier alpha value is -3.87. The van der Waals surface area contributed by atoms with Crippen LogP contribution in [0.4, 0.5) is 10.3 Å². The fourth-order valence-corrected chi connectivity index (χ4v) is 3.53. The molecule has 1 amide bonds. The SMILES string of the molecule is O=C1c2oc3ccccc3c(=O)c2[C@H](c2ccccc2F)N1c1ncccn1. The first-order chi connectivity index (χ1) is 13.7. The predicted molar refractivity (Wildman–Crippen MR) is 99.6 cm³/mol. The molecule has 0 aliphatic carbocycles. The summed E-state index contributed by atoms with van der Waals surface area (Å²) in [4.78, 5) is 35.9. The van der Waals surface area contributed by atoms with Gasteiger partial charge >= 0.3 is 0 Å². The molecular weight excluding hydrogens is 361 g/mol. The monoisotopic (exact) mass is 373 g/mol. The third-order valence-corrected chi connectivity index (χ3v) is 4.75. The third-order valence-electron chi connectivity index (χ3n) is 4.75. The Balaban J connectivity index is 1.86. The molecule has 1 aliphatic rings. The Kier molecular flexibility index (Phi) is 3.55. The zero-order valence-electron chi connectivity index (χ0n) is 14.4. The lowest BCUT2D eigenvalue weighted by atomic mass is 9.98. The summed E-state index contributed by atoms with van der Waals surface area (Å²) in [5.74, 6) is -1.18. The number of para-hydroxylation sites is 1. The Morgan fingerprint density at radius 2 is 1.64 bits per heavy atom. The van der Waals surface area contributed by atoms with E-state index < -0.39 is 17.8 Å². The Morgan fingerprint density at radius 3 is 2.43 bits per heavy atom. The number of carbonyl (C=O) groups is 1. The molecule has 5 rings (SSSR count). The second-order valence-corrected chi connectivity index (χ2v) is 6.32. The van der Waals surface area contributed by atoms with Gasteiger partial charge in [0.25, 0.3) is 5.91 Å². The van der Waals surface area contributed by atoms with Crippen molar-refractivity contribution in [3.8, 4) is 0 Å². The number of hydrogen-bond acceptors (Lipinski definition) is 5. The van der Waals surface area contributed by atoms with Crippen LogP contribution in [0.15, 0.2) is 76.2 Å². The van der Waals surface area contributed by atoms with Gasteiger partial charge in [-0.25, -0.2) is 14.4 Å². The molecule has 136 valence electrons. The van der Waals surface area contributed by atoms with Crippen LogP contribution in [0.2, 0.25) is 0 Å². The average molecular weight is 373 g/mol. The van der Waals surface area contributed by atoms with E-state index in [4.69, 9.17) is 4.42 Å². The number of hydrogen-bond donors (Lipinski definition) is 0. The summed E-state index contributed by atoms with van der Waals surface area (Å²) < 4.78 is 20.5. The average Bonchev–Trinajstić information content (AvgIpc) is 3.02. The first kappa shape index (κ1) is 16.3. The van der Waals surface area contributed by atoms with Crippen molar-refractivity contribution in [2.24, 2.45) is 0 Å². The van der Waals surface area contributed by atoms with Crippen LogP contribution >= 0.6 is 0 Å². The number of fused-ring (bicyclic) bond motifs is 2. The van der Waals surface area contributed by atoms with E-state index in [1.165, 1.54) is 29.4 Å². The highest BCUT2D eigenvalue weighted by Gasteiger charge is 2.45. The molecule has 0 spiro atoms. The normalized spacial score (nSPS) is 15.8. The quantitative estimate of drug-likeness (QED) is 0.538. The van der Waals surface area contributed by atoms with Gasteiger partial charge in [0.15, 0.2) is 5.43 Å². The van der Waals surface area contributed by atoms with E-state index in [9.17, 15) is 14.0 Å². The summed E-state index contributed by atoms with van der Waals surface area (Å²) in [5, 5.41) is 0.325. The van der Waals surface area contributed by atoms with E-state index in [0.717, 1.165) is 0 Å². The number of amides is 1. The minimum atomic E-state index is -1.02. The predicted octanol–water partition coefficient (Wildman–Crippen LogP) is 3.47. The summed E-state index contributed by atoms with van der Waals surface area (Å²) >= 11 is 0. The van der Waals surface area contributed by atoms with Gasteiger partial charge in [-0.2, -0.15) is 0 Å². The van der Waals surface area contributed by atoms with Gasteiger partial charge in [-0.1, -0.05) is 30.3 Å². The number of benzene rings is 2. The summed E-state index contributed by atoms with van der Waals surface area (Å²) in [7, 11) is 0. The van der Waals surface area contributed by atoms with E-state index in [2.05, 4.69) is 9.97 Å². The molecule has 3 heterocycles. The third kappa shape index (κ3) is 2.26. The van der Waals surface area contributed by atoms with Gasteiger partial charge in [-0.15, -0.1) is 0 Å². The highest BCUT2D eigenvalue weighted by atomic mass is 19.1. The maximum absolute atomic E-state index is 14.7. The zero-order chi connectivity index (χ0) is 19.3. The van der Waals surface area contributed by atoms with Crippen molar-refractivity contribution in [1.29, 1.82) is 0 Å². The first-order valence-corrected chi connectivity index (χ1v) is 8.57. The van der Waals surface area contributed by atoms with Gasteiger partial charge in [0.1, 0.15) is 17.4 Å². The van der Waals surface area contributed by atoms with Crippen LogP contribution in [0.5, 0.6) is 0 Å². The van der Waals surface area contributed by atoms with E-state index in [1.54, 1.807) is 42.5 Å². The number of anilines is 1. The molecule has 6 nitrogen and oxygen atoms in total. The molecule has 2 aromatic carbocycles. The lowest BCUT2D eigenvalue weighted by Gasteiger charge is -2.23.